The maximum Gasteiger partial charge on any atom is 0.264 e. The Morgan fingerprint density at radius 2 is 1.62 bits per heavy atom. The normalized spacial score (nSPS) is 14.9. The van der Waals surface area contributed by atoms with Crippen molar-refractivity contribution in [2.75, 3.05) is 0 Å². The monoisotopic (exact) mass is 514 g/mol. The Hall–Kier alpha value is -3.71. The molecule has 1 aliphatic rings. The van der Waals surface area contributed by atoms with Crippen molar-refractivity contribution in [2.45, 2.75) is 55.9 Å². The molecule has 1 fully saturated rings. The number of sulfonamides is 1. The van der Waals surface area contributed by atoms with Crippen LogP contribution in [-0.4, -0.2) is 19.3 Å². The van der Waals surface area contributed by atoms with Crippen LogP contribution >= 0.6 is 0 Å². The molecule has 0 aliphatic heterocycles. The van der Waals surface area contributed by atoms with Gasteiger partial charge in [-0.15, -0.1) is 0 Å². The van der Waals surface area contributed by atoms with Crippen molar-refractivity contribution >= 4 is 26.8 Å². The fourth-order valence-electron chi connectivity index (χ4n) is 5.28. The van der Waals surface area contributed by atoms with Gasteiger partial charge in [0.05, 0.1) is 16.1 Å². The van der Waals surface area contributed by atoms with Crippen LogP contribution < -0.4 is 9.46 Å². The molecule has 0 unspecified atom stereocenters. The first-order chi connectivity index (χ1) is 17.8. The molecule has 1 aliphatic carbocycles. The van der Waals surface area contributed by atoms with Gasteiger partial charge in [0.15, 0.2) is 0 Å². The molecular formula is C30H30N2O4S. The van der Waals surface area contributed by atoms with Gasteiger partial charge in [0.2, 0.25) is 5.91 Å². The summed E-state index contributed by atoms with van der Waals surface area (Å²) in [6, 6.07) is 26.5. The quantitative estimate of drug-likeness (QED) is 0.320. The fraction of sp³-hybridized carbons (Fsp3) is 0.267. The van der Waals surface area contributed by atoms with Crippen LogP contribution in [0.2, 0.25) is 0 Å². The molecule has 1 aromatic heterocycles. The Bertz CT molecular complexity index is 1530. The van der Waals surface area contributed by atoms with Crippen molar-refractivity contribution in [2.24, 2.45) is 0 Å². The molecule has 190 valence electrons. The minimum absolute atomic E-state index is 0.124. The number of aryl methyl sites for hydroxylation is 1. The lowest BCUT2D eigenvalue weighted by Gasteiger charge is -2.29. The second-order valence-electron chi connectivity index (χ2n) is 9.77. The van der Waals surface area contributed by atoms with Crippen LogP contribution in [0, 0.1) is 6.92 Å². The third kappa shape index (κ3) is 5.52. The molecule has 0 radical (unpaired) electrons. The van der Waals surface area contributed by atoms with E-state index in [1.165, 1.54) is 6.07 Å². The summed E-state index contributed by atoms with van der Waals surface area (Å²) in [6.07, 6.45) is 3.81. The highest BCUT2D eigenvalue weighted by molar-refractivity contribution is 7.90. The van der Waals surface area contributed by atoms with E-state index in [1.54, 1.807) is 25.1 Å². The predicted molar refractivity (Wildman–Crippen MR) is 144 cm³/mol. The van der Waals surface area contributed by atoms with Crippen molar-refractivity contribution < 1.29 is 17.9 Å². The zero-order chi connectivity index (χ0) is 25.9. The number of fused-ring (bicyclic) bond motifs is 1. The van der Waals surface area contributed by atoms with E-state index in [9.17, 15) is 13.2 Å². The standard InChI is InChI=1S/C30H30N2O4S/c1-22-8-2-5-11-28(22)37(34,35)32-29(33)20-30(18-6-7-19-30)24-13-16-26(17-14-24)36-21-25-15-12-23-9-3-4-10-27(23)31-25/h2-5,8-17H,6-7,18-21H2,1H3,(H,32,33). The Kier molecular flexibility index (Phi) is 6.98. The summed E-state index contributed by atoms with van der Waals surface area (Å²) in [5.74, 6) is 0.242. The molecule has 1 saturated carbocycles. The number of hydrogen-bond acceptors (Lipinski definition) is 5. The number of amides is 1. The van der Waals surface area contributed by atoms with Crippen LogP contribution in [0.3, 0.4) is 0 Å². The summed E-state index contributed by atoms with van der Waals surface area (Å²) < 4.78 is 33.9. The van der Waals surface area contributed by atoms with E-state index in [4.69, 9.17) is 4.74 Å². The number of pyridine rings is 1. The number of nitrogens with one attached hydrogen (secondary N) is 1. The number of rotatable bonds is 8. The number of ether oxygens (including phenoxy) is 1. The zero-order valence-corrected chi connectivity index (χ0v) is 21.6. The number of nitrogens with zero attached hydrogens (tertiary/aromatic N) is 1. The van der Waals surface area contributed by atoms with Crippen molar-refractivity contribution in [3.05, 3.63) is 102 Å². The van der Waals surface area contributed by atoms with Gasteiger partial charge >= 0.3 is 0 Å². The average molecular weight is 515 g/mol. The second-order valence-corrected chi connectivity index (χ2v) is 11.4. The molecule has 37 heavy (non-hydrogen) atoms. The highest BCUT2D eigenvalue weighted by Crippen LogP contribution is 2.44. The van der Waals surface area contributed by atoms with Gasteiger partial charge in [0.25, 0.3) is 10.0 Å². The molecule has 0 atom stereocenters. The van der Waals surface area contributed by atoms with Crippen LogP contribution in [0.1, 0.15) is 48.9 Å². The van der Waals surface area contributed by atoms with E-state index in [1.807, 2.05) is 60.7 Å². The lowest BCUT2D eigenvalue weighted by molar-refractivity contribution is -0.120. The van der Waals surface area contributed by atoms with Crippen LogP contribution in [0.4, 0.5) is 0 Å². The molecule has 1 heterocycles. The topological polar surface area (TPSA) is 85.4 Å². The summed E-state index contributed by atoms with van der Waals surface area (Å²) in [4.78, 5) is 17.8. The van der Waals surface area contributed by atoms with E-state index in [2.05, 4.69) is 9.71 Å². The second kappa shape index (κ2) is 10.3. The number of para-hydroxylation sites is 1. The summed E-state index contributed by atoms with van der Waals surface area (Å²) in [7, 11) is -3.92. The average Bonchev–Trinajstić information content (AvgIpc) is 3.36. The molecule has 0 bridgehead atoms. The summed E-state index contributed by atoms with van der Waals surface area (Å²) in [5.41, 5.74) is 3.04. The Labute approximate surface area is 217 Å². The predicted octanol–water partition coefficient (Wildman–Crippen LogP) is 5.83. The van der Waals surface area contributed by atoms with Gasteiger partial charge in [-0.3, -0.25) is 4.79 Å². The third-order valence-corrected chi connectivity index (χ3v) is 8.73. The van der Waals surface area contributed by atoms with Gasteiger partial charge in [-0.2, -0.15) is 0 Å². The van der Waals surface area contributed by atoms with Crippen molar-refractivity contribution in [1.82, 2.24) is 9.71 Å². The third-order valence-electron chi connectivity index (χ3n) is 7.20. The van der Waals surface area contributed by atoms with E-state index >= 15 is 0 Å². The molecule has 0 saturated heterocycles. The SMILES string of the molecule is Cc1ccccc1S(=O)(=O)NC(=O)CC1(c2ccc(OCc3ccc4ccccc4n3)cc2)CCCC1. The maximum atomic E-state index is 13.0. The van der Waals surface area contributed by atoms with Gasteiger partial charge in [-0.1, -0.05) is 67.4 Å². The molecular weight excluding hydrogens is 484 g/mol. The van der Waals surface area contributed by atoms with Crippen LogP contribution in [0.5, 0.6) is 5.75 Å². The Morgan fingerprint density at radius 1 is 0.919 bits per heavy atom. The molecule has 6 nitrogen and oxygen atoms in total. The van der Waals surface area contributed by atoms with Crippen molar-refractivity contribution in [3.8, 4) is 5.75 Å². The number of hydrogen-bond donors (Lipinski definition) is 1. The minimum Gasteiger partial charge on any atom is -0.487 e. The van der Waals surface area contributed by atoms with E-state index < -0.39 is 15.9 Å². The zero-order valence-electron chi connectivity index (χ0n) is 20.8. The smallest absolute Gasteiger partial charge is 0.264 e. The number of carbonyl (C=O) groups is 1. The summed E-state index contributed by atoms with van der Waals surface area (Å²) in [5, 5.41) is 1.09. The largest absolute Gasteiger partial charge is 0.487 e. The first kappa shape index (κ1) is 25.0. The van der Waals surface area contributed by atoms with Crippen LogP contribution in [0.25, 0.3) is 10.9 Å². The number of carbonyl (C=O) groups excluding carboxylic acids is 1. The minimum atomic E-state index is -3.92. The summed E-state index contributed by atoms with van der Waals surface area (Å²) in [6.45, 7) is 2.08. The highest BCUT2D eigenvalue weighted by Gasteiger charge is 2.38. The summed E-state index contributed by atoms with van der Waals surface area (Å²) >= 11 is 0. The highest BCUT2D eigenvalue weighted by atomic mass is 32.2. The molecule has 4 aromatic rings. The van der Waals surface area contributed by atoms with Gasteiger partial charge in [-0.05, 0) is 61.2 Å². The van der Waals surface area contributed by atoms with Crippen LogP contribution in [0.15, 0.2) is 89.8 Å². The number of aromatic nitrogens is 1. The Morgan fingerprint density at radius 3 is 2.38 bits per heavy atom. The molecule has 3 aromatic carbocycles. The van der Waals surface area contributed by atoms with Gasteiger partial charge < -0.3 is 4.74 Å². The first-order valence-corrected chi connectivity index (χ1v) is 14.0. The molecule has 0 spiro atoms. The van der Waals surface area contributed by atoms with Gasteiger partial charge in [0.1, 0.15) is 12.4 Å². The van der Waals surface area contributed by atoms with Crippen molar-refractivity contribution in [1.29, 1.82) is 0 Å². The van der Waals surface area contributed by atoms with E-state index in [0.29, 0.717) is 12.2 Å². The van der Waals surface area contributed by atoms with Crippen molar-refractivity contribution in [3.63, 3.8) is 0 Å². The molecule has 1 amide bonds. The first-order valence-electron chi connectivity index (χ1n) is 12.5. The van der Waals surface area contributed by atoms with Crippen LogP contribution in [-0.2, 0) is 26.8 Å². The van der Waals surface area contributed by atoms with Gasteiger partial charge in [0, 0.05) is 17.2 Å². The van der Waals surface area contributed by atoms with E-state index in [-0.39, 0.29) is 16.7 Å². The molecule has 5 rings (SSSR count). The van der Waals surface area contributed by atoms with Gasteiger partial charge in [-0.25, -0.2) is 18.1 Å². The number of benzene rings is 3. The lowest BCUT2D eigenvalue weighted by atomic mass is 9.76. The molecule has 7 heteroatoms. The van der Waals surface area contributed by atoms with E-state index in [0.717, 1.165) is 53.6 Å². The Balaban J connectivity index is 1.27. The maximum absolute atomic E-state index is 13.0. The molecule has 1 N–H and O–H groups in total. The lowest BCUT2D eigenvalue weighted by Crippen LogP contribution is -2.36. The fourth-order valence-corrected chi connectivity index (χ4v) is 6.51.